The van der Waals surface area contributed by atoms with E-state index in [-0.39, 0.29) is 18.4 Å². The molecular weight excluding hydrogens is 442 g/mol. The van der Waals surface area contributed by atoms with Crippen LogP contribution in [0.1, 0.15) is 21.6 Å². The number of thiazole rings is 1. The Balaban J connectivity index is 1.52. The van der Waals surface area contributed by atoms with E-state index in [1.54, 1.807) is 29.8 Å². The van der Waals surface area contributed by atoms with Gasteiger partial charge in [0.25, 0.3) is 5.91 Å². The van der Waals surface area contributed by atoms with Crippen LogP contribution in [0.5, 0.6) is 5.75 Å². The second-order valence-corrected chi connectivity index (χ2v) is 7.62. The van der Waals surface area contributed by atoms with Crippen LogP contribution in [0.3, 0.4) is 0 Å². The molecule has 0 aliphatic carbocycles. The highest BCUT2D eigenvalue weighted by molar-refractivity contribution is 9.10. The van der Waals surface area contributed by atoms with Gasteiger partial charge in [0, 0.05) is 21.1 Å². The summed E-state index contributed by atoms with van der Waals surface area (Å²) in [7, 11) is 0. The van der Waals surface area contributed by atoms with Crippen molar-refractivity contribution in [1.29, 1.82) is 0 Å². The molecule has 0 saturated carbocycles. The lowest BCUT2D eigenvalue weighted by atomic mass is 10.2. The fourth-order valence-corrected chi connectivity index (χ4v) is 3.44. The SMILES string of the molecule is Cc1cc(Br)ccc1NC(=O)CNC(=O)c1cccc(OCc2cscn2)c1. The van der Waals surface area contributed by atoms with Crippen molar-refractivity contribution in [3.8, 4) is 5.75 Å². The molecule has 0 bridgehead atoms. The van der Waals surface area contributed by atoms with Gasteiger partial charge in [-0.3, -0.25) is 9.59 Å². The Morgan fingerprint density at radius 3 is 2.82 bits per heavy atom. The van der Waals surface area contributed by atoms with Gasteiger partial charge in [0.1, 0.15) is 12.4 Å². The molecule has 0 fully saturated rings. The maximum Gasteiger partial charge on any atom is 0.251 e. The summed E-state index contributed by atoms with van der Waals surface area (Å²) in [6.07, 6.45) is 0. The number of carbonyl (C=O) groups excluding carboxylic acids is 2. The molecule has 3 rings (SSSR count). The van der Waals surface area contributed by atoms with Gasteiger partial charge in [-0.1, -0.05) is 22.0 Å². The highest BCUT2D eigenvalue weighted by Gasteiger charge is 2.10. The van der Waals surface area contributed by atoms with Crippen LogP contribution < -0.4 is 15.4 Å². The normalized spacial score (nSPS) is 10.4. The van der Waals surface area contributed by atoms with Crippen LogP contribution in [0, 0.1) is 6.92 Å². The number of amides is 2. The van der Waals surface area contributed by atoms with E-state index in [1.807, 2.05) is 30.5 Å². The van der Waals surface area contributed by atoms with E-state index in [2.05, 4.69) is 31.5 Å². The molecule has 144 valence electrons. The minimum Gasteiger partial charge on any atom is -0.487 e. The van der Waals surface area contributed by atoms with Crippen molar-refractivity contribution >= 4 is 44.8 Å². The molecule has 0 saturated heterocycles. The van der Waals surface area contributed by atoms with Crippen LogP contribution in [0.4, 0.5) is 5.69 Å². The van der Waals surface area contributed by atoms with Crippen molar-refractivity contribution < 1.29 is 14.3 Å². The second-order valence-electron chi connectivity index (χ2n) is 5.99. The van der Waals surface area contributed by atoms with Crippen LogP contribution in [-0.2, 0) is 11.4 Å². The number of halogens is 1. The summed E-state index contributed by atoms with van der Waals surface area (Å²) >= 11 is 4.88. The van der Waals surface area contributed by atoms with Gasteiger partial charge < -0.3 is 15.4 Å². The molecule has 1 heterocycles. The smallest absolute Gasteiger partial charge is 0.251 e. The first-order chi connectivity index (χ1) is 13.5. The molecule has 3 aromatic rings. The number of ether oxygens (including phenoxy) is 1. The van der Waals surface area contributed by atoms with Crippen LogP contribution in [0.15, 0.2) is 57.8 Å². The van der Waals surface area contributed by atoms with Crippen LogP contribution in [0.2, 0.25) is 0 Å². The zero-order valence-corrected chi connectivity index (χ0v) is 17.5. The van der Waals surface area contributed by atoms with Crippen molar-refractivity contribution in [2.24, 2.45) is 0 Å². The standard InChI is InChI=1S/C20H18BrN3O3S/c1-13-7-15(21)5-6-18(13)24-19(25)9-22-20(26)14-3-2-4-17(8-14)27-10-16-11-28-12-23-16/h2-8,11-12H,9-10H2,1H3,(H,22,26)(H,24,25). The van der Waals surface area contributed by atoms with E-state index < -0.39 is 0 Å². The lowest BCUT2D eigenvalue weighted by molar-refractivity contribution is -0.115. The highest BCUT2D eigenvalue weighted by atomic mass is 79.9. The maximum atomic E-state index is 12.3. The Labute approximate surface area is 175 Å². The number of aryl methyl sites for hydroxylation is 1. The van der Waals surface area contributed by atoms with E-state index in [1.165, 1.54) is 11.3 Å². The van der Waals surface area contributed by atoms with Gasteiger partial charge in [-0.05, 0) is 48.9 Å². The molecule has 0 unspecified atom stereocenters. The van der Waals surface area contributed by atoms with E-state index >= 15 is 0 Å². The minimum atomic E-state index is -0.346. The third-order valence-corrected chi connectivity index (χ3v) is 4.97. The highest BCUT2D eigenvalue weighted by Crippen LogP contribution is 2.20. The molecule has 0 radical (unpaired) electrons. The third kappa shape index (κ3) is 5.64. The summed E-state index contributed by atoms with van der Waals surface area (Å²) in [5, 5.41) is 7.31. The fourth-order valence-electron chi connectivity index (χ4n) is 2.42. The maximum absolute atomic E-state index is 12.3. The van der Waals surface area contributed by atoms with E-state index in [4.69, 9.17) is 4.74 Å². The molecule has 2 aromatic carbocycles. The number of anilines is 1. The lowest BCUT2D eigenvalue weighted by Crippen LogP contribution is -2.33. The number of benzene rings is 2. The Kier molecular flexibility index (Phi) is 6.78. The zero-order chi connectivity index (χ0) is 19.9. The minimum absolute atomic E-state index is 0.127. The van der Waals surface area contributed by atoms with Gasteiger partial charge in [0.2, 0.25) is 5.91 Å². The summed E-state index contributed by atoms with van der Waals surface area (Å²) in [5.74, 6) is -0.0768. The third-order valence-electron chi connectivity index (χ3n) is 3.84. The lowest BCUT2D eigenvalue weighted by Gasteiger charge is -2.10. The van der Waals surface area contributed by atoms with E-state index in [0.717, 1.165) is 15.7 Å². The molecule has 28 heavy (non-hydrogen) atoms. The molecule has 0 aliphatic heterocycles. The van der Waals surface area contributed by atoms with Gasteiger partial charge in [0.15, 0.2) is 0 Å². The topological polar surface area (TPSA) is 80.3 Å². The molecular formula is C20H18BrN3O3S. The van der Waals surface area contributed by atoms with Crippen LogP contribution >= 0.6 is 27.3 Å². The van der Waals surface area contributed by atoms with Crippen LogP contribution in [-0.4, -0.2) is 23.3 Å². The summed E-state index contributed by atoms with van der Waals surface area (Å²) in [4.78, 5) is 28.6. The number of aromatic nitrogens is 1. The van der Waals surface area contributed by atoms with Crippen molar-refractivity contribution in [1.82, 2.24) is 10.3 Å². The first-order valence-electron chi connectivity index (χ1n) is 8.45. The van der Waals surface area contributed by atoms with E-state index in [0.29, 0.717) is 23.6 Å². The zero-order valence-electron chi connectivity index (χ0n) is 15.1. The summed E-state index contributed by atoms with van der Waals surface area (Å²) in [5.41, 5.74) is 4.63. The summed E-state index contributed by atoms with van der Waals surface area (Å²) in [6, 6.07) is 12.4. The quantitative estimate of drug-likeness (QED) is 0.555. The molecule has 0 spiro atoms. The molecule has 2 N–H and O–H groups in total. The number of rotatable bonds is 7. The Morgan fingerprint density at radius 1 is 1.21 bits per heavy atom. The second kappa shape index (κ2) is 9.48. The number of carbonyl (C=O) groups is 2. The number of nitrogens with one attached hydrogen (secondary N) is 2. The summed E-state index contributed by atoms with van der Waals surface area (Å²) < 4.78 is 6.59. The number of nitrogens with zero attached hydrogens (tertiary/aromatic N) is 1. The van der Waals surface area contributed by atoms with Gasteiger partial charge >= 0.3 is 0 Å². The fraction of sp³-hybridized carbons (Fsp3) is 0.150. The molecule has 8 heteroatoms. The molecule has 6 nitrogen and oxygen atoms in total. The Hall–Kier alpha value is -2.71. The predicted molar refractivity (Wildman–Crippen MR) is 113 cm³/mol. The average Bonchev–Trinajstić information content (AvgIpc) is 3.20. The van der Waals surface area contributed by atoms with Gasteiger partial charge in [0.05, 0.1) is 17.7 Å². The predicted octanol–water partition coefficient (Wildman–Crippen LogP) is 4.16. The van der Waals surface area contributed by atoms with Crippen molar-refractivity contribution in [2.45, 2.75) is 13.5 Å². The van der Waals surface area contributed by atoms with Gasteiger partial charge in [-0.25, -0.2) is 4.98 Å². The molecule has 2 amide bonds. The molecule has 0 aliphatic rings. The average molecular weight is 460 g/mol. The van der Waals surface area contributed by atoms with Gasteiger partial charge in [-0.2, -0.15) is 0 Å². The largest absolute Gasteiger partial charge is 0.487 e. The van der Waals surface area contributed by atoms with Crippen LogP contribution in [0.25, 0.3) is 0 Å². The Bertz CT molecular complexity index is 977. The van der Waals surface area contributed by atoms with Crippen molar-refractivity contribution in [3.05, 3.63) is 74.6 Å². The molecule has 1 aromatic heterocycles. The number of hydrogen-bond acceptors (Lipinski definition) is 5. The number of hydrogen-bond donors (Lipinski definition) is 2. The summed E-state index contributed by atoms with van der Waals surface area (Å²) in [6.45, 7) is 2.11. The first-order valence-corrected chi connectivity index (χ1v) is 10.2. The van der Waals surface area contributed by atoms with Crippen molar-refractivity contribution in [3.63, 3.8) is 0 Å². The monoisotopic (exact) mass is 459 g/mol. The van der Waals surface area contributed by atoms with E-state index in [9.17, 15) is 9.59 Å². The Morgan fingerprint density at radius 2 is 2.07 bits per heavy atom. The van der Waals surface area contributed by atoms with Crippen molar-refractivity contribution in [2.75, 3.05) is 11.9 Å². The van der Waals surface area contributed by atoms with Gasteiger partial charge in [-0.15, -0.1) is 11.3 Å². The molecule has 0 atom stereocenters. The first kappa shape index (κ1) is 20.0.